The highest BCUT2D eigenvalue weighted by atomic mass is 35.5. The summed E-state index contributed by atoms with van der Waals surface area (Å²) in [5.41, 5.74) is 6.03. The van der Waals surface area contributed by atoms with Gasteiger partial charge < -0.3 is 5.73 Å². The van der Waals surface area contributed by atoms with Gasteiger partial charge in [0.1, 0.15) is 12.0 Å². The van der Waals surface area contributed by atoms with Crippen LogP contribution < -0.4 is 5.73 Å². The molecule has 0 aliphatic carbocycles. The lowest BCUT2D eigenvalue weighted by atomic mass is 10.3. The van der Waals surface area contributed by atoms with Crippen molar-refractivity contribution in [2.45, 2.75) is 6.54 Å². The van der Waals surface area contributed by atoms with Gasteiger partial charge in [0.15, 0.2) is 5.82 Å². The van der Waals surface area contributed by atoms with Crippen molar-refractivity contribution >= 4 is 23.2 Å². The zero-order valence-corrected chi connectivity index (χ0v) is 9.20. The monoisotopic (exact) mass is 242 g/mol. The first-order valence-corrected chi connectivity index (χ1v) is 5.03. The molecule has 1 heterocycles. The minimum absolute atomic E-state index is 0.287. The van der Waals surface area contributed by atoms with Gasteiger partial charge in [0.25, 0.3) is 0 Å². The predicted octanol–water partition coefficient (Wildman–Crippen LogP) is 2.03. The standard InChI is InChI=1S/C9H8Cl2N4/c10-6-2-1-3-7(11)9(6)15-5-13-8(4-12)14-15/h1-3,5H,4,12H2. The fourth-order valence-corrected chi connectivity index (χ4v) is 1.78. The first kappa shape index (κ1) is 10.4. The Kier molecular flexibility index (Phi) is 2.90. The van der Waals surface area contributed by atoms with Crippen molar-refractivity contribution in [3.05, 3.63) is 40.4 Å². The highest BCUT2D eigenvalue weighted by Crippen LogP contribution is 2.27. The lowest BCUT2D eigenvalue weighted by molar-refractivity contribution is 0.831. The van der Waals surface area contributed by atoms with Gasteiger partial charge in [-0.2, -0.15) is 0 Å². The summed E-state index contributed by atoms with van der Waals surface area (Å²) in [6, 6.07) is 5.26. The second-order valence-corrected chi connectivity index (χ2v) is 3.69. The Morgan fingerprint density at radius 3 is 2.47 bits per heavy atom. The average molecular weight is 243 g/mol. The summed E-state index contributed by atoms with van der Waals surface area (Å²) >= 11 is 12.0. The van der Waals surface area contributed by atoms with E-state index in [0.717, 1.165) is 0 Å². The van der Waals surface area contributed by atoms with Gasteiger partial charge in [0, 0.05) is 0 Å². The molecule has 0 atom stereocenters. The van der Waals surface area contributed by atoms with Gasteiger partial charge in [-0.15, -0.1) is 5.10 Å². The molecule has 0 bridgehead atoms. The zero-order chi connectivity index (χ0) is 10.8. The van der Waals surface area contributed by atoms with Gasteiger partial charge >= 0.3 is 0 Å². The van der Waals surface area contributed by atoms with Crippen LogP contribution in [0.2, 0.25) is 10.0 Å². The quantitative estimate of drug-likeness (QED) is 0.877. The Bertz CT molecular complexity index is 460. The van der Waals surface area contributed by atoms with Crippen LogP contribution in [0.1, 0.15) is 5.82 Å². The molecule has 0 amide bonds. The normalized spacial score (nSPS) is 10.6. The van der Waals surface area contributed by atoms with Crippen molar-refractivity contribution in [3.8, 4) is 5.69 Å². The SMILES string of the molecule is NCc1ncn(-c2c(Cl)cccc2Cl)n1. The summed E-state index contributed by atoms with van der Waals surface area (Å²) in [5.74, 6) is 0.547. The topological polar surface area (TPSA) is 56.7 Å². The van der Waals surface area contributed by atoms with Crippen molar-refractivity contribution in [2.24, 2.45) is 5.73 Å². The summed E-state index contributed by atoms with van der Waals surface area (Å²) in [6.07, 6.45) is 1.54. The van der Waals surface area contributed by atoms with Gasteiger partial charge in [0.05, 0.1) is 16.6 Å². The van der Waals surface area contributed by atoms with E-state index in [9.17, 15) is 0 Å². The molecule has 1 aromatic carbocycles. The van der Waals surface area contributed by atoms with Crippen LogP contribution in [0.4, 0.5) is 0 Å². The van der Waals surface area contributed by atoms with Crippen LogP contribution in [-0.4, -0.2) is 14.8 Å². The molecule has 0 radical (unpaired) electrons. The number of hydrogen-bond donors (Lipinski definition) is 1. The second kappa shape index (κ2) is 4.18. The maximum absolute atomic E-state index is 6.01. The van der Waals surface area contributed by atoms with Crippen LogP contribution in [0.15, 0.2) is 24.5 Å². The summed E-state index contributed by atoms with van der Waals surface area (Å²) in [6.45, 7) is 0.287. The molecular formula is C9H8Cl2N4. The number of nitrogens with zero attached hydrogens (tertiary/aromatic N) is 3. The molecule has 0 fully saturated rings. The molecule has 0 spiro atoms. The molecule has 2 N–H and O–H groups in total. The van der Waals surface area contributed by atoms with E-state index >= 15 is 0 Å². The summed E-state index contributed by atoms with van der Waals surface area (Å²) in [7, 11) is 0. The van der Waals surface area contributed by atoms with Gasteiger partial charge in [-0.1, -0.05) is 29.3 Å². The number of rotatable bonds is 2. The average Bonchev–Trinajstić information content (AvgIpc) is 2.66. The lowest BCUT2D eigenvalue weighted by Crippen LogP contribution is -2.01. The van der Waals surface area contributed by atoms with Crippen molar-refractivity contribution in [3.63, 3.8) is 0 Å². The van der Waals surface area contributed by atoms with Crippen LogP contribution in [-0.2, 0) is 6.54 Å². The van der Waals surface area contributed by atoms with Crippen molar-refractivity contribution in [1.29, 1.82) is 0 Å². The number of hydrogen-bond acceptors (Lipinski definition) is 3. The number of nitrogens with two attached hydrogens (primary N) is 1. The predicted molar refractivity (Wildman–Crippen MR) is 59.3 cm³/mol. The number of benzene rings is 1. The van der Waals surface area contributed by atoms with E-state index in [1.807, 2.05) is 0 Å². The zero-order valence-electron chi connectivity index (χ0n) is 7.69. The molecule has 0 saturated heterocycles. The van der Waals surface area contributed by atoms with Gasteiger partial charge in [0.2, 0.25) is 0 Å². The number of aromatic nitrogens is 3. The molecule has 0 unspecified atom stereocenters. The van der Waals surface area contributed by atoms with E-state index in [1.165, 1.54) is 11.0 Å². The van der Waals surface area contributed by atoms with E-state index in [-0.39, 0.29) is 6.54 Å². The smallest absolute Gasteiger partial charge is 0.164 e. The van der Waals surface area contributed by atoms with E-state index in [1.54, 1.807) is 18.2 Å². The number of halogens is 2. The molecule has 15 heavy (non-hydrogen) atoms. The van der Waals surface area contributed by atoms with Crippen LogP contribution >= 0.6 is 23.2 Å². The molecule has 78 valence electrons. The molecule has 1 aromatic heterocycles. The largest absolute Gasteiger partial charge is 0.324 e. The fourth-order valence-electron chi connectivity index (χ4n) is 1.21. The summed E-state index contributed by atoms with van der Waals surface area (Å²) in [5, 5.41) is 5.18. The third kappa shape index (κ3) is 1.97. The first-order valence-electron chi connectivity index (χ1n) is 4.27. The molecule has 0 aliphatic rings. The summed E-state index contributed by atoms with van der Waals surface area (Å²) < 4.78 is 1.52. The Balaban J connectivity index is 2.53. The van der Waals surface area contributed by atoms with Crippen molar-refractivity contribution in [2.75, 3.05) is 0 Å². The van der Waals surface area contributed by atoms with Crippen LogP contribution in [0.25, 0.3) is 5.69 Å². The van der Waals surface area contributed by atoms with Crippen LogP contribution in [0.3, 0.4) is 0 Å². The van der Waals surface area contributed by atoms with Gasteiger partial charge in [-0.3, -0.25) is 0 Å². The van der Waals surface area contributed by atoms with Crippen molar-refractivity contribution in [1.82, 2.24) is 14.8 Å². The first-order chi connectivity index (χ1) is 7.22. The van der Waals surface area contributed by atoms with Gasteiger partial charge in [-0.05, 0) is 12.1 Å². The highest BCUT2D eigenvalue weighted by Gasteiger charge is 2.09. The third-order valence-electron chi connectivity index (χ3n) is 1.89. The molecule has 2 rings (SSSR count). The fraction of sp³-hybridized carbons (Fsp3) is 0.111. The molecule has 0 aliphatic heterocycles. The molecule has 2 aromatic rings. The highest BCUT2D eigenvalue weighted by molar-refractivity contribution is 6.37. The maximum Gasteiger partial charge on any atom is 0.164 e. The molecule has 6 heteroatoms. The Labute approximate surface area is 96.6 Å². The van der Waals surface area contributed by atoms with E-state index in [0.29, 0.717) is 21.6 Å². The Morgan fingerprint density at radius 2 is 1.93 bits per heavy atom. The minimum Gasteiger partial charge on any atom is -0.324 e. The molecule has 0 saturated carbocycles. The van der Waals surface area contributed by atoms with E-state index in [2.05, 4.69) is 10.1 Å². The Morgan fingerprint density at radius 1 is 1.27 bits per heavy atom. The third-order valence-corrected chi connectivity index (χ3v) is 2.50. The van der Waals surface area contributed by atoms with Crippen LogP contribution in [0, 0.1) is 0 Å². The summed E-state index contributed by atoms with van der Waals surface area (Å²) in [4.78, 5) is 4.00. The minimum atomic E-state index is 0.287. The second-order valence-electron chi connectivity index (χ2n) is 2.88. The maximum atomic E-state index is 6.01. The lowest BCUT2D eigenvalue weighted by Gasteiger charge is -2.04. The van der Waals surface area contributed by atoms with E-state index in [4.69, 9.17) is 28.9 Å². The molecular weight excluding hydrogens is 235 g/mol. The Hall–Kier alpha value is -1.10. The van der Waals surface area contributed by atoms with E-state index < -0.39 is 0 Å². The molecule has 4 nitrogen and oxygen atoms in total. The van der Waals surface area contributed by atoms with Crippen molar-refractivity contribution < 1.29 is 0 Å². The van der Waals surface area contributed by atoms with Gasteiger partial charge in [-0.25, -0.2) is 9.67 Å². The number of para-hydroxylation sites is 1. The van der Waals surface area contributed by atoms with Crippen LogP contribution in [0.5, 0.6) is 0 Å².